The first kappa shape index (κ1) is 21.9. The van der Waals surface area contributed by atoms with Crippen molar-refractivity contribution in [1.29, 1.82) is 0 Å². The van der Waals surface area contributed by atoms with Crippen molar-refractivity contribution in [2.24, 2.45) is 5.92 Å². The Kier molecular flexibility index (Phi) is 7.05. The van der Waals surface area contributed by atoms with Crippen LogP contribution in [0.3, 0.4) is 0 Å². The highest BCUT2D eigenvalue weighted by atomic mass is 35.5. The van der Waals surface area contributed by atoms with Crippen LogP contribution in [0.2, 0.25) is 10.0 Å². The van der Waals surface area contributed by atoms with Crippen LogP contribution in [0, 0.1) is 5.92 Å². The maximum absolute atomic E-state index is 12.9. The first-order chi connectivity index (χ1) is 13.8. The Morgan fingerprint density at radius 1 is 1.14 bits per heavy atom. The number of sulfonamides is 1. The van der Waals surface area contributed by atoms with Gasteiger partial charge in [0.05, 0.1) is 17.2 Å². The first-order valence-corrected chi connectivity index (χ1v) is 11.4. The molecule has 1 N–H and O–H groups in total. The average molecular weight is 457 g/mol. The van der Waals surface area contributed by atoms with Gasteiger partial charge in [0.15, 0.2) is 0 Å². The number of nitrogens with zero attached hydrogens (tertiary/aromatic N) is 1. The van der Waals surface area contributed by atoms with Crippen molar-refractivity contribution < 1.29 is 17.9 Å². The SMILES string of the molecule is COc1cccc(CNC(=O)C2CCN(S(=O)(=O)c3c(Cl)cccc3Cl)CC2)c1. The largest absolute Gasteiger partial charge is 0.497 e. The molecule has 1 fully saturated rings. The summed E-state index contributed by atoms with van der Waals surface area (Å²) in [6.45, 7) is 0.867. The van der Waals surface area contributed by atoms with Crippen LogP contribution in [0.5, 0.6) is 5.75 Å². The zero-order chi connectivity index (χ0) is 21.0. The molecule has 2 aromatic rings. The monoisotopic (exact) mass is 456 g/mol. The van der Waals surface area contributed by atoms with E-state index in [1.165, 1.54) is 16.4 Å². The summed E-state index contributed by atoms with van der Waals surface area (Å²) in [5.41, 5.74) is 0.936. The van der Waals surface area contributed by atoms with Crippen LogP contribution in [0.15, 0.2) is 47.4 Å². The van der Waals surface area contributed by atoms with Crippen LogP contribution in [0.4, 0.5) is 0 Å². The lowest BCUT2D eigenvalue weighted by Gasteiger charge is -2.31. The summed E-state index contributed by atoms with van der Waals surface area (Å²) in [5.74, 6) is 0.405. The van der Waals surface area contributed by atoms with Gasteiger partial charge in [-0.15, -0.1) is 0 Å². The maximum Gasteiger partial charge on any atom is 0.246 e. The van der Waals surface area contributed by atoms with E-state index in [9.17, 15) is 13.2 Å². The van der Waals surface area contributed by atoms with E-state index in [-0.39, 0.29) is 39.9 Å². The molecule has 1 heterocycles. The molecule has 1 amide bonds. The van der Waals surface area contributed by atoms with Gasteiger partial charge in [0, 0.05) is 25.6 Å². The maximum atomic E-state index is 12.9. The molecule has 1 saturated heterocycles. The topological polar surface area (TPSA) is 75.7 Å². The van der Waals surface area contributed by atoms with Crippen molar-refractivity contribution in [3.05, 3.63) is 58.1 Å². The number of hydrogen-bond acceptors (Lipinski definition) is 4. The molecule has 0 atom stereocenters. The standard InChI is InChI=1S/C20H22Cl2N2O4S/c1-28-16-5-2-4-14(12-16)13-23-20(25)15-8-10-24(11-9-15)29(26,27)19-17(21)6-3-7-18(19)22/h2-7,12,15H,8-11,13H2,1H3,(H,23,25). The quantitative estimate of drug-likeness (QED) is 0.718. The van der Waals surface area contributed by atoms with Gasteiger partial charge in [-0.1, -0.05) is 41.4 Å². The number of carbonyl (C=O) groups is 1. The molecule has 0 saturated carbocycles. The van der Waals surface area contributed by atoms with Crippen molar-refractivity contribution in [3.8, 4) is 5.75 Å². The number of methoxy groups -OCH3 is 1. The Bertz CT molecular complexity index is 969. The Hall–Kier alpha value is -1.80. The Labute approximate surface area is 180 Å². The van der Waals surface area contributed by atoms with Gasteiger partial charge in [0.2, 0.25) is 15.9 Å². The minimum atomic E-state index is -3.81. The summed E-state index contributed by atoms with van der Waals surface area (Å²) in [4.78, 5) is 12.4. The molecule has 156 valence electrons. The third-order valence-corrected chi connectivity index (χ3v) is 7.80. The lowest BCUT2D eigenvalue weighted by molar-refractivity contribution is -0.126. The molecule has 2 aromatic carbocycles. The third-order valence-electron chi connectivity index (χ3n) is 4.94. The highest BCUT2D eigenvalue weighted by molar-refractivity contribution is 7.89. The second kappa shape index (κ2) is 9.34. The highest BCUT2D eigenvalue weighted by Crippen LogP contribution is 2.33. The molecule has 3 rings (SSSR count). The molecule has 0 aromatic heterocycles. The van der Waals surface area contributed by atoms with Gasteiger partial charge in [-0.2, -0.15) is 4.31 Å². The van der Waals surface area contributed by atoms with Gasteiger partial charge < -0.3 is 10.1 Å². The number of hydrogen-bond donors (Lipinski definition) is 1. The summed E-state index contributed by atoms with van der Waals surface area (Å²) < 4.78 is 32.4. The summed E-state index contributed by atoms with van der Waals surface area (Å²) in [6, 6.07) is 12.1. The fraction of sp³-hybridized carbons (Fsp3) is 0.350. The van der Waals surface area contributed by atoms with E-state index < -0.39 is 10.0 Å². The number of rotatable bonds is 6. The van der Waals surface area contributed by atoms with Gasteiger partial charge >= 0.3 is 0 Å². The second-order valence-corrected chi connectivity index (χ2v) is 9.49. The van der Waals surface area contributed by atoms with Gasteiger partial charge in [-0.05, 0) is 42.7 Å². The molecule has 0 spiro atoms. The van der Waals surface area contributed by atoms with Crippen LogP contribution in [0.25, 0.3) is 0 Å². The number of carbonyl (C=O) groups excluding carboxylic acids is 1. The smallest absolute Gasteiger partial charge is 0.246 e. The van der Waals surface area contributed by atoms with Crippen molar-refractivity contribution >= 4 is 39.1 Å². The molecular formula is C20H22Cl2N2O4S. The molecule has 6 nitrogen and oxygen atoms in total. The van der Waals surface area contributed by atoms with E-state index in [1.54, 1.807) is 13.2 Å². The van der Waals surface area contributed by atoms with Crippen molar-refractivity contribution in [2.75, 3.05) is 20.2 Å². The van der Waals surface area contributed by atoms with Gasteiger partial charge in [-0.3, -0.25) is 4.79 Å². The summed E-state index contributed by atoms with van der Waals surface area (Å²) >= 11 is 12.1. The van der Waals surface area contributed by atoms with Crippen LogP contribution >= 0.6 is 23.2 Å². The number of piperidine rings is 1. The predicted molar refractivity (Wildman–Crippen MR) is 113 cm³/mol. The third kappa shape index (κ3) is 5.04. The highest BCUT2D eigenvalue weighted by Gasteiger charge is 2.34. The van der Waals surface area contributed by atoms with E-state index in [0.717, 1.165) is 11.3 Å². The molecule has 0 bridgehead atoms. The molecule has 1 aliphatic heterocycles. The summed E-state index contributed by atoms with van der Waals surface area (Å²) in [5, 5.41) is 3.11. The van der Waals surface area contributed by atoms with Crippen LogP contribution in [-0.2, 0) is 21.4 Å². The van der Waals surface area contributed by atoms with Gasteiger partial charge in [0.25, 0.3) is 0 Å². The number of ether oxygens (including phenoxy) is 1. The minimum absolute atomic E-state index is 0.0794. The molecule has 1 aliphatic rings. The number of nitrogens with one attached hydrogen (secondary N) is 1. The zero-order valence-corrected chi connectivity index (χ0v) is 18.2. The van der Waals surface area contributed by atoms with Crippen molar-refractivity contribution in [1.82, 2.24) is 9.62 Å². The fourth-order valence-corrected chi connectivity index (χ4v) is 5.89. The van der Waals surface area contributed by atoms with Crippen LogP contribution in [0.1, 0.15) is 18.4 Å². The predicted octanol–water partition coefficient (Wildman–Crippen LogP) is 3.72. The Balaban J connectivity index is 1.59. The summed E-state index contributed by atoms with van der Waals surface area (Å²) in [6.07, 6.45) is 0.872. The fourth-order valence-electron chi connectivity index (χ4n) is 3.33. The van der Waals surface area contributed by atoms with E-state index in [4.69, 9.17) is 27.9 Å². The summed E-state index contributed by atoms with van der Waals surface area (Å²) in [7, 11) is -2.22. The minimum Gasteiger partial charge on any atom is -0.497 e. The van der Waals surface area contributed by atoms with E-state index >= 15 is 0 Å². The van der Waals surface area contributed by atoms with Crippen LogP contribution < -0.4 is 10.1 Å². The number of benzene rings is 2. The Morgan fingerprint density at radius 3 is 2.38 bits per heavy atom. The molecular weight excluding hydrogens is 435 g/mol. The van der Waals surface area contributed by atoms with Crippen molar-refractivity contribution in [3.63, 3.8) is 0 Å². The molecule has 0 radical (unpaired) electrons. The van der Waals surface area contributed by atoms with E-state index in [0.29, 0.717) is 19.4 Å². The van der Waals surface area contributed by atoms with Gasteiger partial charge in [0.1, 0.15) is 10.6 Å². The van der Waals surface area contributed by atoms with Crippen LogP contribution in [-0.4, -0.2) is 38.8 Å². The number of amides is 1. The molecule has 29 heavy (non-hydrogen) atoms. The van der Waals surface area contributed by atoms with Gasteiger partial charge in [-0.25, -0.2) is 8.42 Å². The van der Waals surface area contributed by atoms with E-state index in [2.05, 4.69) is 5.32 Å². The lowest BCUT2D eigenvalue weighted by atomic mass is 9.97. The number of halogens is 2. The lowest BCUT2D eigenvalue weighted by Crippen LogP contribution is -2.43. The average Bonchev–Trinajstić information content (AvgIpc) is 2.72. The molecule has 0 unspecified atom stereocenters. The normalized spacial score (nSPS) is 15.8. The second-order valence-electron chi connectivity index (χ2n) is 6.80. The van der Waals surface area contributed by atoms with Crippen molar-refractivity contribution in [2.45, 2.75) is 24.3 Å². The van der Waals surface area contributed by atoms with E-state index in [1.807, 2.05) is 24.3 Å². The first-order valence-electron chi connectivity index (χ1n) is 9.17. The Morgan fingerprint density at radius 2 is 1.76 bits per heavy atom. The molecule has 9 heteroatoms. The zero-order valence-electron chi connectivity index (χ0n) is 15.9. The molecule has 0 aliphatic carbocycles.